The number of halogens is 3. The van der Waals surface area contributed by atoms with Crippen molar-refractivity contribution in [3.05, 3.63) is 75.9 Å². The fourth-order valence-corrected chi connectivity index (χ4v) is 4.28. The maximum Gasteiger partial charge on any atom is 0.433 e. The minimum absolute atomic E-state index is 0.215. The molecular formula is C25H23F3N6O2. The molecule has 1 fully saturated rings. The van der Waals surface area contributed by atoms with Gasteiger partial charge in [0, 0.05) is 49.9 Å². The lowest BCUT2D eigenvalue weighted by molar-refractivity contribution is -0.141. The van der Waals surface area contributed by atoms with Gasteiger partial charge in [0.25, 0.3) is 5.56 Å². The number of fused-ring (bicyclic) bond motifs is 1. The molecule has 36 heavy (non-hydrogen) atoms. The molecule has 5 rings (SSSR count). The van der Waals surface area contributed by atoms with Gasteiger partial charge in [-0.3, -0.25) is 19.3 Å². The Balaban J connectivity index is 1.62. The van der Waals surface area contributed by atoms with E-state index in [0.717, 1.165) is 23.5 Å². The quantitative estimate of drug-likeness (QED) is 0.424. The van der Waals surface area contributed by atoms with Crippen LogP contribution in [0.4, 0.5) is 19.0 Å². The lowest BCUT2D eigenvalue weighted by Crippen LogP contribution is -2.39. The first-order valence-corrected chi connectivity index (χ1v) is 11.3. The van der Waals surface area contributed by atoms with E-state index in [1.54, 1.807) is 26.2 Å². The number of hydrogen-bond donors (Lipinski definition) is 0. The van der Waals surface area contributed by atoms with E-state index in [0.29, 0.717) is 42.4 Å². The number of ether oxygens (including phenoxy) is 1. The van der Waals surface area contributed by atoms with Gasteiger partial charge in [-0.1, -0.05) is 0 Å². The normalized spacial score (nSPS) is 16.5. The van der Waals surface area contributed by atoms with E-state index in [1.807, 2.05) is 24.0 Å². The zero-order valence-corrected chi connectivity index (χ0v) is 19.9. The van der Waals surface area contributed by atoms with Gasteiger partial charge in [0.05, 0.1) is 23.2 Å². The number of pyridine rings is 3. The van der Waals surface area contributed by atoms with E-state index in [2.05, 4.69) is 15.0 Å². The van der Waals surface area contributed by atoms with Crippen LogP contribution in [0.5, 0.6) is 0 Å². The summed E-state index contributed by atoms with van der Waals surface area (Å²) in [7, 11) is 1.59. The number of alkyl halides is 3. The molecule has 0 spiro atoms. The number of aryl methyl sites for hydroxylation is 2. The minimum atomic E-state index is -4.57. The van der Waals surface area contributed by atoms with Crippen LogP contribution in [0, 0.1) is 13.8 Å². The van der Waals surface area contributed by atoms with Gasteiger partial charge in [-0.05, 0) is 43.7 Å². The molecule has 1 atom stereocenters. The molecule has 0 saturated carbocycles. The van der Waals surface area contributed by atoms with E-state index in [1.165, 1.54) is 10.6 Å². The Morgan fingerprint density at radius 1 is 1.08 bits per heavy atom. The Morgan fingerprint density at radius 3 is 2.58 bits per heavy atom. The second-order valence-corrected chi connectivity index (χ2v) is 8.71. The second kappa shape index (κ2) is 8.98. The van der Waals surface area contributed by atoms with Crippen LogP contribution in [0.2, 0.25) is 0 Å². The van der Waals surface area contributed by atoms with Crippen molar-refractivity contribution >= 4 is 16.7 Å². The molecular weight excluding hydrogens is 473 g/mol. The molecule has 1 saturated heterocycles. The van der Waals surface area contributed by atoms with Crippen LogP contribution in [-0.2, 0) is 18.0 Å². The number of aromatic nitrogens is 5. The molecule has 0 N–H and O–H groups in total. The van der Waals surface area contributed by atoms with Gasteiger partial charge < -0.3 is 9.64 Å². The van der Waals surface area contributed by atoms with Gasteiger partial charge in [-0.15, -0.1) is 0 Å². The Morgan fingerprint density at radius 2 is 1.89 bits per heavy atom. The number of rotatable bonds is 3. The molecule has 0 aliphatic carbocycles. The molecule has 8 nitrogen and oxygen atoms in total. The Kier molecular flexibility index (Phi) is 5.95. The predicted molar refractivity (Wildman–Crippen MR) is 128 cm³/mol. The van der Waals surface area contributed by atoms with Gasteiger partial charge in [-0.25, -0.2) is 9.97 Å². The molecule has 186 valence electrons. The van der Waals surface area contributed by atoms with Crippen LogP contribution in [0.15, 0.2) is 47.5 Å². The highest BCUT2D eigenvalue weighted by Gasteiger charge is 2.32. The van der Waals surface area contributed by atoms with E-state index in [9.17, 15) is 18.0 Å². The lowest BCUT2D eigenvalue weighted by atomic mass is 10.1. The number of morpholine rings is 1. The topological polar surface area (TPSA) is 86.0 Å². The third-order valence-corrected chi connectivity index (χ3v) is 6.28. The van der Waals surface area contributed by atoms with Crippen LogP contribution >= 0.6 is 0 Å². The summed E-state index contributed by atoms with van der Waals surface area (Å²) in [5.41, 5.74) is 1.47. The van der Waals surface area contributed by atoms with Gasteiger partial charge in [0.15, 0.2) is 0 Å². The molecule has 0 aromatic carbocycles. The van der Waals surface area contributed by atoms with E-state index in [4.69, 9.17) is 9.72 Å². The fraction of sp³-hybridized carbons (Fsp3) is 0.320. The van der Waals surface area contributed by atoms with Crippen molar-refractivity contribution in [1.29, 1.82) is 0 Å². The number of anilines is 1. The monoisotopic (exact) mass is 496 g/mol. The highest BCUT2D eigenvalue weighted by atomic mass is 19.4. The maximum atomic E-state index is 13.2. The number of hydrogen-bond acceptors (Lipinski definition) is 7. The molecule has 1 aliphatic heterocycles. The smallest absolute Gasteiger partial charge is 0.370 e. The van der Waals surface area contributed by atoms with Crippen LogP contribution in [0.3, 0.4) is 0 Å². The number of nitrogens with zero attached hydrogens (tertiary/aromatic N) is 6. The van der Waals surface area contributed by atoms with Crippen molar-refractivity contribution in [2.45, 2.75) is 26.1 Å². The zero-order chi connectivity index (χ0) is 25.6. The summed E-state index contributed by atoms with van der Waals surface area (Å²) in [5, 5.41) is 0.225. The van der Waals surface area contributed by atoms with E-state index < -0.39 is 11.9 Å². The van der Waals surface area contributed by atoms with E-state index in [-0.39, 0.29) is 22.7 Å². The predicted octanol–water partition coefficient (Wildman–Crippen LogP) is 4.00. The maximum absolute atomic E-state index is 13.2. The van der Waals surface area contributed by atoms with Crippen molar-refractivity contribution in [2.24, 2.45) is 7.05 Å². The zero-order valence-electron chi connectivity index (χ0n) is 19.9. The summed E-state index contributed by atoms with van der Waals surface area (Å²) in [4.78, 5) is 32.3. The average molecular weight is 496 g/mol. The molecule has 0 amide bonds. The van der Waals surface area contributed by atoms with Crippen LogP contribution in [0.1, 0.15) is 28.9 Å². The summed E-state index contributed by atoms with van der Waals surface area (Å²) >= 11 is 0. The summed E-state index contributed by atoms with van der Waals surface area (Å²) in [5.74, 6) is 1.06. The molecule has 1 aliphatic rings. The van der Waals surface area contributed by atoms with Crippen LogP contribution < -0.4 is 10.5 Å². The molecule has 1 unspecified atom stereocenters. The fourth-order valence-electron chi connectivity index (χ4n) is 4.28. The van der Waals surface area contributed by atoms with Gasteiger partial charge in [0.2, 0.25) is 0 Å². The van der Waals surface area contributed by atoms with Crippen LogP contribution in [0.25, 0.3) is 22.2 Å². The lowest BCUT2D eigenvalue weighted by Gasteiger charge is -2.34. The summed E-state index contributed by atoms with van der Waals surface area (Å²) in [6, 6.07) is 7.78. The Hall–Kier alpha value is -3.86. The Labute approximate surface area is 204 Å². The first kappa shape index (κ1) is 23.9. The summed E-state index contributed by atoms with van der Waals surface area (Å²) in [6.07, 6.45) is -1.96. The molecule has 4 aromatic heterocycles. The van der Waals surface area contributed by atoms with Gasteiger partial charge in [-0.2, -0.15) is 13.2 Å². The van der Waals surface area contributed by atoms with E-state index >= 15 is 0 Å². The molecule has 11 heteroatoms. The second-order valence-electron chi connectivity index (χ2n) is 8.71. The Bertz CT molecular complexity index is 1500. The SMILES string of the molecule is Cc1cc(C2CN(c3cc4nc(C)n(C)c(=O)c4c(-c4ccc(C(F)(F)F)nc4)n3)CCO2)ccn1. The van der Waals surface area contributed by atoms with Crippen molar-refractivity contribution in [3.8, 4) is 11.3 Å². The molecule has 4 aromatic rings. The van der Waals surface area contributed by atoms with Crippen LogP contribution in [-0.4, -0.2) is 44.2 Å². The highest BCUT2D eigenvalue weighted by molar-refractivity contribution is 5.93. The standard InChI is InChI=1S/C25H23F3N6O2/c1-14-10-16(6-7-29-14)19-13-34(8-9-36-19)21-11-18-22(24(35)33(3)15(2)31-18)23(32-21)17-4-5-20(30-12-17)25(26,27)28/h4-7,10-12,19H,8-9,13H2,1-3H3. The first-order chi connectivity index (χ1) is 17.1. The molecule has 0 bridgehead atoms. The van der Waals surface area contributed by atoms with Crippen molar-refractivity contribution < 1.29 is 17.9 Å². The van der Waals surface area contributed by atoms with Crippen molar-refractivity contribution in [3.63, 3.8) is 0 Å². The van der Waals surface area contributed by atoms with Crippen molar-refractivity contribution in [2.75, 3.05) is 24.6 Å². The van der Waals surface area contributed by atoms with Gasteiger partial charge >= 0.3 is 6.18 Å². The average Bonchev–Trinajstić information content (AvgIpc) is 2.86. The third-order valence-electron chi connectivity index (χ3n) is 6.28. The molecule has 5 heterocycles. The third kappa shape index (κ3) is 4.41. The highest BCUT2D eigenvalue weighted by Crippen LogP contribution is 2.33. The first-order valence-electron chi connectivity index (χ1n) is 11.3. The molecule has 0 radical (unpaired) electrons. The minimum Gasteiger partial charge on any atom is -0.370 e. The summed E-state index contributed by atoms with van der Waals surface area (Å²) in [6.45, 7) is 5.13. The summed E-state index contributed by atoms with van der Waals surface area (Å²) < 4.78 is 46.6. The largest absolute Gasteiger partial charge is 0.433 e. The van der Waals surface area contributed by atoms with Crippen molar-refractivity contribution in [1.82, 2.24) is 24.5 Å². The van der Waals surface area contributed by atoms with Gasteiger partial charge in [0.1, 0.15) is 23.4 Å².